The minimum Gasteiger partial charge on any atom is -0.369 e. The van der Waals surface area contributed by atoms with Crippen molar-refractivity contribution in [2.24, 2.45) is 0 Å². The number of nitrogens with one attached hydrogen (secondary N) is 1. The van der Waals surface area contributed by atoms with Crippen LogP contribution in [0.5, 0.6) is 0 Å². The van der Waals surface area contributed by atoms with Gasteiger partial charge in [-0.3, -0.25) is 14.5 Å². The first-order valence-electron chi connectivity index (χ1n) is 9.58. The van der Waals surface area contributed by atoms with Gasteiger partial charge in [-0.15, -0.1) is 0 Å². The largest absolute Gasteiger partial charge is 0.369 e. The highest BCUT2D eigenvalue weighted by Crippen LogP contribution is 2.18. The fraction of sp³-hybridized carbons (Fsp3) is 0.364. The average Bonchev–Trinajstić information content (AvgIpc) is 2.68. The minimum absolute atomic E-state index is 0.0570. The van der Waals surface area contributed by atoms with Gasteiger partial charge in [0.1, 0.15) is 0 Å². The van der Waals surface area contributed by atoms with Crippen molar-refractivity contribution in [3.8, 4) is 0 Å². The molecule has 0 spiro atoms. The van der Waals surface area contributed by atoms with E-state index in [-0.39, 0.29) is 11.8 Å². The molecule has 1 saturated heterocycles. The summed E-state index contributed by atoms with van der Waals surface area (Å²) in [5.41, 5.74) is 3.71. The Morgan fingerprint density at radius 3 is 2.39 bits per heavy atom. The van der Waals surface area contributed by atoms with Gasteiger partial charge in [-0.1, -0.05) is 18.2 Å². The number of carbonyl (C=O) groups excluding carboxylic acids is 2. The van der Waals surface area contributed by atoms with Gasteiger partial charge in [-0.2, -0.15) is 0 Å². The highest BCUT2D eigenvalue weighted by molar-refractivity contribution is 5.97. The number of benzene rings is 2. The zero-order valence-electron chi connectivity index (χ0n) is 16.8. The second-order valence-corrected chi connectivity index (χ2v) is 7.43. The van der Waals surface area contributed by atoms with E-state index in [4.69, 9.17) is 0 Å². The Bertz CT molecular complexity index is 842. The molecule has 1 aliphatic heterocycles. The number of hydrogen-bond acceptors (Lipinski definition) is 4. The van der Waals surface area contributed by atoms with E-state index in [1.54, 1.807) is 38.4 Å². The van der Waals surface area contributed by atoms with Crippen LogP contribution in [0.3, 0.4) is 0 Å². The standard InChI is InChI=1S/C22H28N4O2/c1-17-6-4-9-20(14-17)26-12-10-25(11-13-26)16-21(27)23-19-8-5-7-18(15-19)22(28)24(2)3/h4-9,14-15H,10-13,16H2,1-3H3,(H,23,27). The third-order valence-corrected chi connectivity index (χ3v) is 4.91. The van der Waals surface area contributed by atoms with Crippen molar-refractivity contribution < 1.29 is 9.59 Å². The SMILES string of the molecule is Cc1cccc(N2CCN(CC(=O)Nc3cccc(C(=O)N(C)C)c3)CC2)c1. The normalized spacial score (nSPS) is 14.6. The summed E-state index contributed by atoms with van der Waals surface area (Å²) in [7, 11) is 3.42. The highest BCUT2D eigenvalue weighted by atomic mass is 16.2. The number of aryl methyl sites for hydroxylation is 1. The van der Waals surface area contributed by atoms with Crippen molar-refractivity contribution in [1.29, 1.82) is 0 Å². The molecule has 2 amide bonds. The summed E-state index contributed by atoms with van der Waals surface area (Å²) in [5, 5.41) is 2.91. The van der Waals surface area contributed by atoms with E-state index in [1.807, 2.05) is 0 Å². The molecule has 1 fully saturated rings. The number of nitrogens with zero attached hydrogens (tertiary/aromatic N) is 3. The third kappa shape index (κ3) is 5.10. The number of piperazine rings is 1. The Balaban J connectivity index is 1.51. The van der Waals surface area contributed by atoms with Crippen LogP contribution in [-0.4, -0.2) is 68.4 Å². The lowest BCUT2D eigenvalue weighted by atomic mass is 10.1. The molecule has 0 atom stereocenters. The van der Waals surface area contributed by atoms with E-state index in [1.165, 1.54) is 16.2 Å². The Labute approximate surface area is 166 Å². The fourth-order valence-electron chi connectivity index (χ4n) is 3.38. The lowest BCUT2D eigenvalue weighted by molar-refractivity contribution is -0.117. The van der Waals surface area contributed by atoms with Crippen LogP contribution < -0.4 is 10.2 Å². The molecule has 148 valence electrons. The maximum atomic E-state index is 12.4. The van der Waals surface area contributed by atoms with E-state index in [0.29, 0.717) is 17.8 Å². The number of anilines is 2. The molecule has 3 rings (SSSR count). The maximum Gasteiger partial charge on any atom is 0.253 e. The molecular formula is C22H28N4O2. The Morgan fingerprint density at radius 2 is 1.71 bits per heavy atom. The second-order valence-electron chi connectivity index (χ2n) is 7.43. The Morgan fingerprint density at radius 1 is 1.00 bits per heavy atom. The van der Waals surface area contributed by atoms with Gasteiger partial charge in [0.2, 0.25) is 5.91 Å². The summed E-state index contributed by atoms with van der Waals surface area (Å²) in [5.74, 6) is -0.137. The van der Waals surface area contributed by atoms with Gasteiger partial charge in [-0.25, -0.2) is 0 Å². The van der Waals surface area contributed by atoms with E-state index in [0.717, 1.165) is 26.2 Å². The van der Waals surface area contributed by atoms with Crippen molar-refractivity contribution in [3.63, 3.8) is 0 Å². The molecule has 0 aliphatic carbocycles. The average molecular weight is 380 g/mol. The van der Waals surface area contributed by atoms with Crippen LogP contribution >= 0.6 is 0 Å². The number of carbonyl (C=O) groups is 2. The van der Waals surface area contributed by atoms with E-state index < -0.39 is 0 Å². The zero-order valence-corrected chi connectivity index (χ0v) is 16.8. The highest BCUT2D eigenvalue weighted by Gasteiger charge is 2.19. The summed E-state index contributed by atoms with van der Waals surface area (Å²) in [4.78, 5) is 30.5. The second kappa shape index (κ2) is 8.89. The van der Waals surface area contributed by atoms with Crippen LogP contribution in [0.1, 0.15) is 15.9 Å². The van der Waals surface area contributed by atoms with Gasteiger partial charge in [0.05, 0.1) is 6.54 Å². The zero-order chi connectivity index (χ0) is 20.1. The summed E-state index contributed by atoms with van der Waals surface area (Å²) in [6, 6.07) is 15.6. The first-order chi connectivity index (χ1) is 13.4. The molecule has 0 saturated carbocycles. The van der Waals surface area contributed by atoms with Crippen molar-refractivity contribution in [2.45, 2.75) is 6.92 Å². The molecule has 0 unspecified atom stereocenters. The lowest BCUT2D eigenvalue weighted by Crippen LogP contribution is -2.48. The maximum absolute atomic E-state index is 12.4. The molecule has 1 heterocycles. The molecule has 2 aromatic carbocycles. The molecule has 6 nitrogen and oxygen atoms in total. The van der Waals surface area contributed by atoms with Gasteiger partial charge in [0.15, 0.2) is 0 Å². The number of amides is 2. The first kappa shape index (κ1) is 19.9. The quantitative estimate of drug-likeness (QED) is 0.866. The Hall–Kier alpha value is -2.86. The van der Waals surface area contributed by atoms with Gasteiger partial charge in [0.25, 0.3) is 5.91 Å². The van der Waals surface area contributed by atoms with Gasteiger partial charge in [-0.05, 0) is 42.8 Å². The molecule has 0 aromatic heterocycles. The van der Waals surface area contributed by atoms with Crippen LogP contribution in [0.2, 0.25) is 0 Å². The topological polar surface area (TPSA) is 55.9 Å². The summed E-state index contributed by atoms with van der Waals surface area (Å²) in [6.45, 7) is 5.97. The van der Waals surface area contributed by atoms with Gasteiger partial charge < -0.3 is 15.1 Å². The molecular weight excluding hydrogens is 352 g/mol. The summed E-state index contributed by atoms with van der Waals surface area (Å²) in [6.07, 6.45) is 0. The molecule has 0 bridgehead atoms. The summed E-state index contributed by atoms with van der Waals surface area (Å²) >= 11 is 0. The van der Waals surface area contributed by atoms with Crippen LogP contribution in [0, 0.1) is 6.92 Å². The van der Waals surface area contributed by atoms with Crippen molar-refractivity contribution in [1.82, 2.24) is 9.80 Å². The van der Waals surface area contributed by atoms with E-state index >= 15 is 0 Å². The number of rotatable bonds is 5. The van der Waals surface area contributed by atoms with Crippen LogP contribution in [0.15, 0.2) is 48.5 Å². The van der Waals surface area contributed by atoms with E-state index in [2.05, 4.69) is 46.3 Å². The van der Waals surface area contributed by atoms with Crippen LogP contribution in [0.4, 0.5) is 11.4 Å². The molecule has 0 radical (unpaired) electrons. The molecule has 6 heteroatoms. The van der Waals surface area contributed by atoms with Crippen molar-refractivity contribution >= 4 is 23.2 Å². The summed E-state index contributed by atoms with van der Waals surface area (Å²) < 4.78 is 0. The third-order valence-electron chi connectivity index (χ3n) is 4.91. The van der Waals surface area contributed by atoms with Gasteiger partial charge >= 0.3 is 0 Å². The lowest BCUT2D eigenvalue weighted by Gasteiger charge is -2.35. The molecule has 2 aromatic rings. The monoisotopic (exact) mass is 380 g/mol. The van der Waals surface area contributed by atoms with Crippen LogP contribution in [-0.2, 0) is 4.79 Å². The fourth-order valence-corrected chi connectivity index (χ4v) is 3.38. The molecule has 1 N–H and O–H groups in total. The van der Waals surface area contributed by atoms with Crippen LogP contribution in [0.25, 0.3) is 0 Å². The molecule has 28 heavy (non-hydrogen) atoms. The smallest absolute Gasteiger partial charge is 0.253 e. The predicted octanol–water partition coefficient (Wildman–Crippen LogP) is 2.46. The predicted molar refractivity (Wildman–Crippen MR) is 113 cm³/mol. The Kier molecular flexibility index (Phi) is 6.31. The van der Waals surface area contributed by atoms with Crippen molar-refractivity contribution in [3.05, 3.63) is 59.7 Å². The minimum atomic E-state index is -0.0802. The van der Waals surface area contributed by atoms with Crippen molar-refractivity contribution in [2.75, 3.05) is 57.0 Å². The van der Waals surface area contributed by atoms with Gasteiger partial charge in [0, 0.05) is 57.2 Å². The molecule has 1 aliphatic rings. The first-order valence-corrected chi connectivity index (χ1v) is 9.58. The van der Waals surface area contributed by atoms with E-state index in [9.17, 15) is 9.59 Å². The number of hydrogen-bond donors (Lipinski definition) is 1.